The third-order valence-corrected chi connectivity index (χ3v) is 11.1. The Bertz CT molecular complexity index is 3030. The molecule has 0 spiro atoms. The molecule has 0 aliphatic heterocycles. The summed E-state index contributed by atoms with van der Waals surface area (Å²) in [6, 6.07) is 55.7. The average molecular weight is 626 g/mol. The second-order valence-electron chi connectivity index (χ2n) is 14.0. The van der Waals surface area contributed by atoms with Gasteiger partial charge in [0.2, 0.25) is 0 Å². The zero-order valence-electron chi connectivity index (χ0n) is 27.3. The zero-order chi connectivity index (χ0) is 32.4. The minimum absolute atomic E-state index is 0.00318. The van der Waals surface area contributed by atoms with Gasteiger partial charge in [-0.1, -0.05) is 117 Å². The predicted octanol–water partition coefficient (Wildman–Crippen LogP) is 11.9. The largest absolute Gasteiger partial charge is 0.309 e. The number of hydrogen-bond donors (Lipinski definition) is 0. The molecule has 230 valence electrons. The molecule has 0 amide bonds. The summed E-state index contributed by atoms with van der Waals surface area (Å²) in [6.07, 6.45) is 0. The van der Waals surface area contributed by atoms with Gasteiger partial charge in [-0.3, -0.25) is 4.40 Å². The van der Waals surface area contributed by atoms with Crippen LogP contribution in [0.4, 0.5) is 0 Å². The molecule has 3 heterocycles. The standard InChI is InChI=1S/C46H31N3/c1-46(2)36-18-7-5-14-31(36)35-27-29(22-23-37(35)46)28-12-11-13-30(26-28)48-39-20-9-6-17-34(39)44-41(48)24-25-42-43(44)32-15-3-4-16-33(32)45-47-38-19-8-10-21-40(38)49(42)45/h3-27H,1-2H3. The van der Waals surface area contributed by atoms with Crippen LogP contribution in [0.5, 0.6) is 0 Å². The van der Waals surface area contributed by atoms with E-state index in [1.807, 2.05) is 0 Å². The van der Waals surface area contributed by atoms with Crippen molar-refractivity contribution in [3.05, 3.63) is 163 Å². The van der Waals surface area contributed by atoms with E-state index in [4.69, 9.17) is 4.98 Å². The molecule has 10 aromatic rings. The zero-order valence-corrected chi connectivity index (χ0v) is 27.3. The Hall–Kier alpha value is -6.19. The van der Waals surface area contributed by atoms with Crippen molar-refractivity contribution < 1.29 is 0 Å². The maximum absolute atomic E-state index is 5.13. The van der Waals surface area contributed by atoms with Crippen LogP contribution in [-0.2, 0) is 5.41 Å². The number of para-hydroxylation sites is 3. The van der Waals surface area contributed by atoms with Crippen LogP contribution in [0, 0.1) is 0 Å². The molecular weight excluding hydrogens is 595 g/mol. The summed E-state index contributed by atoms with van der Waals surface area (Å²) in [7, 11) is 0. The number of nitrogens with zero attached hydrogens (tertiary/aromatic N) is 3. The summed E-state index contributed by atoms with van der Waals surface area (Å²) in [5, 5.41) is 6.17. The molecule has 11 rings (SSSR count). The van der Waals surface area contributed by atoms with E-state index in [-0.39, 0.29) is 5.41 Å². The molecule has 0 saturated carbocycles. The van der Waals surface area contributed by atoms with Crippen molar-refractivity contribution in [3.63, 3.8) is 0 Å². The third kappa shape index (κ3) is 3.49. The number of pyridine rings is 1. The molecule has 49 heavy (non-hydrogen) atoms. The van der Waals surface area contributed by atoms with Gasteiger partial charge in [-0.25, -0.2) is 4.98 Å². The molecule has 0 bridgehead atoms. The second-order valence-corrected chi connectivity index (χ2v) is 14.0. The average Bonchev–Trinajstić information content (AvgIpc) is 3.78. The molecule has 0 radical (unpaired) electrons. The summed E-state index contributed by atoms with van der Waals surface area (Å²) in [5.74, 6) is 0. The molecule has 7 aromatic carbocycles. The van der Waals surface area contributed by atoms with Crippen LogP contribution in [0.15, 0.2) is 152 Å². The predicted molar refractivity (Wildman–Crippen MR) is 205 cm³/mol. The lowest BCUT2D eigenvalue weighted by Crippen LogP contribution is -2.14. The number of aromatic nitrogens is 3. The van der Waals surface area contributed by atoms with Crippen LogP contribution in [0.2, 0.25) is 0 Å². The van der Waals surface area contributed by atoms with Crippen molar-refractivity contribution in [1.29, 1.82) is 0 Å². The highest BCUT2D eigenvalue weighted by atomic mass is 15.0. The highest BCUT2D eigenvalue weighted by molar-refractivity contribution is 6.29. The van der Waals surface area contributed by atoms with Gasteiger partial charge in [-0.05, 0) is 87.3 Å². The monoisotopic (exact) mass is 625 g/mol. The Morgan fingerprint density at radius 2 is 1.14 bits per heavy atom. The Balaban J connectivity index is 1.19. The third-order valence-electron chi connectivity index (χ3n) is 11.1. The van der Waals surface area contributed by atoms with Crippen molar-refractivity contribution in [3.8, 4) is 27.9 Å². The Kier molecular flexibility index (Phi) is 5.18. The molecule has 0 fully saturated rings. The first kappa shape index (κ1) is 26.8. The van der Waals surface area contributed by atoms with E-state index in [9.17, 15) is 0 Å². The fourth-order valence-corrected chi connectivity index (χ4v) is 8.86. The van der Waals surface area contributed by atoms with Crippen molar-refractivity contribution >= 4 is 60.2 Å². The van der Waals surface area contributed by atoms with E-state index in [0.717, 1.165) is 22.4 Å². The van der Waals surface area contributed by atoms with Gasteiger partial charge in [0, 0.05) is 32.6 Å². The van der Waals surface area contributed by atoms with E-state index in [2.05, 4.69) is 174 Å². The molecule has 0 atom stereocenters. The van der Waals surface area contributed by atoms with Crippen LogP contribution in [-0.4, -0.2) is 14.0 Å². The van der Waals surface area contributed by atoms with Gasteiger partial charge in [0.1, 0.15) is 5.65 Å². The van der Waals surface area contributed by atoms with Gasteiger partial charge < -0.3 is 4.57 Å². The molecule has 1 aliphatic carbocycles. The maximum Gasteiger partial charge on any atom is 0.146 e. The Morgan fingerprint density at radius 1 is 0.469 bits per heavy atom. The minimum atomic E-state index is -0.00318. The Morgan fingerprint density at radius 3 is 2.04 bits per heavy atom. The van der Waals surface area contributed by atoms with Gasteiger partial charge in [0.25, 0.3) is 0 Å². The number of fused-ring (bicyclic) bond motifs is 15. The summed E-state index contributed by atoms with van der Waals surface area (Å²) >= 11 is 0. The lowest BCUT2D eigenvalue weighted by atomic mass is 9.82. The van der Waals surface area contributed by atoms with E-state index in [1.54, 1.807) is 0 Å². The van der Waals surface area contributed by atoms with Gasteiger partial charge in [-0.15, -0.1) is 0 Å². The summed E-state index contributed by atoms with van der Waals surface area (Å²) in [5.41, 5.74) is 15.8. The summed E-state index contributed by atoms with van der Waals surface area (Å²) < 4.78 is 4.80. The van der Waals surface area contributed by atoms with E-state index in [0.29, 0.717) is 0 Å². The van der Waals surface area contributed by atoms with Gasteiger partial charge in [0.05, 0.1) is 27.6 Å². The van der Waals surface area contributed by atoms with Crippen molar-refractivity contribution in [1.82, 2.24) is 14.0 Å². The lowest BCUT2D eigenvalue weighted by molar-refractivity contribution is 0.660. The molecule has 0 unspecified atom stereocenters. The molecule has 0 N–H and O–H groups in total. The molecular formula is C46H31N3. The minimum Gasteiger partial charge on any atom is -0.309 e. The fourth-order valence-electron chi connectivity index (χ4n) is 8.86. The topological polar surface area (TPSA) is 22.2 Å². The summed E-state index contributed by atoms with van der Waals surface area (Å²) in [4.78, 5) is 5.13. The summed E-state index contributed by atoms with van der Waals surface area (Å²) in [6.45, 7) is 4.68. The molecule has 0 saturated heterocycles. The van der Waals surface area contributed by atoms with Crippen LogP contribution >= 0.6 is 0 Å². The van der Waals surface area contributed by atoms with Crippen LogP contribution in [0.25, 0.3) is 88.1 Å². The van der Waals surface area contributed by atoms with Gasteiger partial charge in [-0.2, -0.15) is 0 Å². The van der Waals surface area contributed by atoms with Gasteiger partial charge in [0.15, 0.2) is 0 Å². The maximum atomic E-state index is 5.13. The van der Waals surface area contributed by atoms with Crippen LogP contribution < -0.4 is 0 Å². The second kappa shape index (κ2) is 9.46. The lowest BCUT2D eigenvalue weighted by Gasteiger charge is -2.21. The number of imidazole rings is 1. The Labute approximate surface area is 283 Å². The first-order valence-electron chi connectivity index (χ1n) is 17.1. The highest BCUT2D eigenvalue weighted by Crippen LogP contribution is 2.49. The number of benzene rings is 7. The molecule has 1 aliphatic rings. The first-order chi connectivity index (χ1) is 24.1. The fraction of sp³-hybridized carbons (Fsp3) is 0.0652. The van der Waals surface area contributed by atoms with E-state index >= 15 is 0 Å². The molecule has 3 aromatic heterocycles. The van der Waals surface area contributed by atoms with Crippen molar-refractivity contribution in [2.75, 3.05) is 0 Å². The van der Waals surface area contributed by atoms with Crippen LogP contribution in [0.3, 0.4) is 0 Å². The highest BCUT2D eigenvalue weighted by Gasteiger charge is 2.35. The smallest absolute Gasteiger partial charge is 0.146 e. The van der Waals surface area contributed by atoms with Crippen molar-refractivity contribution in [2.45, 2.75) is 19.3 Å². The van der Waals surface area contributed by atoms with E-state index < -0.39 is 0 Å². The van der Waals surface area contributed by atoms with Gasteiger partial charge >= 0.3 is 0 Å². The quantitative estimate of drug-likeness (QED) is 0.175. The molecule has 3 nitrogen and oxygen atoms in total. The first-order valence-corrected chi connectivity index (χ1v) is 17.1. The normalized spacial score (nSPS) is 13.7. The SMILES string of the molecule is CC1(C)c2ccccc2-c2cc(-c3cccc(-n4c5ccccc5c5c6c7ccccc7c7nc8ccccc8n7c6ccc54)c3)ccc21. The number of rotatable bonds is 2. The number of hydrogen-bond acceptors (Lipinski definition) is 1. The van der Waals surface area contributed by atoms with Crippen LogP contribution in [0.1, 0.15) is 25.0 Å². The molecule has 3 heteroatoms. The van der Waals surface area contributed by atoms with Crippen molar-refractivity contribution in [2.24, 2.45) is 0 Å². The van der Waals surface area contributed by atoms with E-state index in [1.165, 1.54) is 76.9 Å².